The lowest BCUT2D eigenvalue weighted by atomic mass is 10.2. The minimum atomic E-state index is -0.530. The summed E-state index contributed by atoms with van der Waals surface area (Å²) < 4.78 is 24.4. The second-order valence-corrected chi connectivity index (χ2v) is 3.99. The van der Waals surface area contributed by atoms with Gasteiger partial charge in [-0.2, -0.15) is 0 Å². The van der Waals surface area contributed by atoms with Gasteiger partial charge in [-0.3, -0.25) is 4.98 Å². The van der Waals surface area contributed by atoms with Gasteiger partial charge in [0.2, 0.25) is 0 Å². The van der Waals surface area contributed by atoms with Crippen LogP contribution in [-0.2, 0) is 0 Å². The molecular formula is C14H16F2N2. The number of benzene rings is 1. The van der Waals surface area contributed by atoms with E-state index in [9.17, 15) is 8.78 Å². The summed E-state index contributed by atoms with van der Waals surface area (Å²) in [7, 11) is 4.02. The molecule has 0 aliphatic rings. The molecule has 0 amide bonds. The van der Waals surface area contributed by atoms with Crippen LogP contribution in [0.1, 0.15) is 5.56 Å². The van der Waals surface area contributed by atoms with Crippen LogP contribution < -0.4 is 4.90 Å². The zero-order valence-electron chi connectivity index (χ0n) is 10.7. The number of aryl methyl sites for hydroxylation is 1. The molecule has 0 atom stereocenters. The molecule has 2 aromatic rings. The average Bonchev–Trinajstić information content (AvgIpc) is 2.36. The molecule has 1 aromatic heterocycles. The fraction of sp³-hybridized carbons (Fsp3) is 0.214. The molecule has 0 bridgehead atoms. The lowest BCUT2D eigenvalue weighted by Gasteiger charge is -2.10. The molecule has 96 valence electrons. The Kier molecular flexibility index (Phi) is 5.24. The van der Waals surface area contributed by atoms with E-state index in [2.05, 4.69) is 4.98 Å². The van der Waals surface area contributed by atoms with Gasteiger partial charge in [-0.05, 0) is 30.7 Å². The molecule has 0 radical (unpaired) electrons. The van der Waals surface area contributed by atoms with Crippen molar-refractivity contribution in [2.75, 3.05) is 19.0 Å². The van der Waals surface area contributed by atoms with Crippen molar-refractivity contribution in [3.8, 4) is 0 Å². The van der Waals surface area contributed by atoms with Crippen LogP contribution in [0.5, 0.6) is 0 Å². The van der Waals surface area contributed by atoms with Crippen LogP contribution in [0, 0.1) is 18.6 Å². The summed E-state index contributed by atoms with van der Waals surface area (Å²) in [6.45, 7) is 1.59. The van der Waals surface area contributed by atoms with Gasteiger partial charge in [0.1, 0.15) is 11.6 Å². The summed E-state index contributed by atoms with van der Waals surface area (Å²) in [5, 5.41) is 0. The van der Waals surface area contributed by atoms with E-state index in [4.69, 9.17) is 0 Å². The zero-order chi connectivity index (χ0) is 13.5. The van der Waals surface area contributed by atoms with E-state index in [1.807, 2.05) is 31.1 Å². The second kappa shape index (κ2) is 6.69. The van der Waals surface area contributed by atoms with Gasteiger partial charge in [0, 0.05) is 38.2 Å². The molecule has 0 fully saturated rings. The van der Waals surface area contributed by atoms with Crippen LogP contribution >= 0.6 is 0 Å². The minimum Gasteiger partial charge on any atom is -0.378 e. The molecule has 4 heteroatoms. The van der Waals surface area contributed by atoms with Crippen molar-refractivity contribution in [1.29, 1.82) is 0 Å². The topological polar surface area (TPSA) is 16.1 Å². The predicted octanol–water partition coefficient (Wildman–Crippen LogP) is 3.42. The van der Waals surface area contributed by atoms with Gasteiger partial charge in [0.25, 0.3) is 0 Å². The molecule has 0 N–H and O–H groups in total. The number of hydrogen-bond acceptors (Lipinski definition) is 2. The van der Waals surface area contributed by atoms with E-state index < -0.39 is 11.6 Å². The standard InChI is InChI=1S/C7H6F2.C7H10N2/c1-5-2-3-6(8)4-7(5)9;1-9(2)7-3-5-8-6-4-7/h2-4H,1H3;3-6H,1-2H3. The molecule has 18 heavy (non-hydrogen) atoms. The third-order valence-corrected chi connectivity index (χ3v) is 2.31. The number of hydrogen-bond donors (Lipinski definition) is 0. The van der Waals surface area contributed by atoms with E-state index in [0.717, 1.165) is 6.07 Å². The lowest BCUT2D eigenvalue weighted by Crippen LogP contribution is -2.07. The van der Waals surface area contributed by atoms with E-state index >= 15 is 0 Å². The quantitative estimate of drug-likeness (QED) is 0.771. The first-order valence-corrected chi connectivity index (χ1v) is 5.49. The maximum Gasteiger partial charge on any atom is 0.129 e. The molecule has 2 rings (SSSR count). The highest BCUT2D eigenvalue weighted by molar-refractivity contribution is 5.42. The van der Waals surface area contributed by atoms with E-state index in [1.54, 1.807) is 19.3 Å². The Hall–Kier alpha value is -1.97. The third kappa shape index (κ3) is 4.49. The first-order valence-electron chi connectivity index (χ1n) is 5.49. The number of aromatic nitrogens is 1. The van der Waals surface area contributed by atoms with Crippen LogP contribution in [0.2, 0.25) is 0 Å². The summed E-state index contributed by atoms with van der Waals surface area (Å²) in [6, 6.07) is 7.46. The fourth-order valence-corrected chi connectivity index (χ4v) is 1.21. The third-order valence-electron chi connectivity index (χ3n) is 2.31. The van der Waals surface area contributed by atoms with Gasteiger partial charge in [-0.1, -0.05) is 6.07 Å². The van der Waals surface area contributed by atoms with Crippen molar-refractivity contribution >= 4 is 5.69 Å². The summed E-state index contributed by atoms with van der Waals surface area (Å²) in [5.74, 6) is -1.02. The molecule has 0 unspecified atom stereocenters. The minimum absolute atomic E-state index is 0.469. The second-order valence-electron chi connectivity index (χ2n) is 3.99. The number of pyridine rings is 1. The predicted molar refractivity (Wildman–Crippen MR) is 69.7 cm³/mol. The van der Waals surface area contributed by atoms with Crippen LogP contribution in [0.15, 0.2) is 42.7 Å². The van der Waals surface area contributed by atoms with Gasteiger partial charge in [0.15, 0.2) is 0 Å². The maximum atomic E-state index is 12.3. The van der Waals surface area contributed by atoms with Crippen molar-refractivity contribution < 1.29 is 8.78 Å². The molecule has 0 saturated heterocycles. The molecule has 1 heterocycles. The molecular weight excluding hydrogens is 234 g/mol. The Morgan fingerprint density at radius 3 is 2.00 bits per heavy atom. The van der Waals surface area contributed by atoms with Crippen LogP contribution in [0.25, 0.3) is 0 Å². The maximum absolute atomic E-state index is 12.3. The summed E-state index contributed by atoms with van der Waals surface area (Å²) >= 11 is 0. The normalized spacial score (nSPS) is 9.39. The Morgan fingerprint density at radius 1 is 1.00 bits per heavy atom. The molecule has 0 aliphatic carbocycles. The smallest absolute Gasteiger partial charge is 0.129 e. The highest BCUT2D eigenvalue weighted by atomic mass is 19.1. The van der Waals surface area contributed by atoms with Crippen molar-refractivity contribution in [2.24, 2.45) is 0 Å². The number of rotatable bonds is 1. The lowest BCUT2D eigenvalue weighted by molar-refractivity contribution is 0.577. The Bertz CT molecular complexity index is 484. The van der Waals surface area contributed by atoms with Gasteiger partial charge in [0.05, 0.1) is 0 Å². The number of anilines is 1. The Balaban J connectivity index is 0.000000180. The van der Waals surface area contributed by atoms with Crippen molar-refractivity contribution in [1.82, 2.24) is 4.98 Å². The zero-order valence-corrected chi connectivity index (χ0v) is 10.7. The van der Waals surface area contributed by atoms with Crippen molar-refractivity contribution in [2.45, 2.75) is 6.92 Å². The first-order chi connectivity index (χ1) is 8.50. The molecule has 1 aromatic carbocycles. The van der Waals surface area contributed by atoms with E-state index in [1.165, 1.54) is 17.8 Å². The van der Waals surface area contributed by atoms with Gasteiger partial charge in [-0.25, -0.2) is 8.78 Å². The van der Waals surface area contributed by atoms with E-state index in [-0.39, 0.29) is 0 Å². The number of halogens is 2. The average molecular weight is 250 g/mol. The highest BCUT2D eigenvalue weighted by Gasteiger charge is 1.95. The van der Waals surface area contributed by atoms with Gasteiger partial charge >= 0.3 is 0 Å². The molecule has 2 nitrogen and oxygen atoms in total. The monoisotopic (exact) mass is 250 g/mol. The Labute approximate surface area is 106 Å². The van der Waals surface area contributed by atoms with Crippen LogP contribution in [0.4, 0.5) is 14.5 Å². The number of nitrogens with zero attached hydrogens (tertiary/aromatic N) is 2. The highest BCUT2D eigenvalue weighted by Crippen LogP contribution is 2.06. The molecule has 0 spiro atoms. The van der Waals surface area contributed by atoms with Crippen molar-refractivity contribution in [3.63, 3.8) is 0 Å². The first kappa shape index (κ1) is 14.1. The summed E-state index contributed by atoms with van der Waals surface area (Å²) in [5.41, 5.74) is 1.65. The van der Waals surface area contributed by atoms with Gasteiger partial charge in [-0.15, -0.1) is 0 Å². The molecule has 0 saturated carbocycles. The summed E-state index contributed by atoms with van der Waals surface area (Å²) in [6.07, 6.45) is 3.57. The van der Waals surface area contributed by atoms with Crippen LogP contribution in [0.3, 0.4) is 0 Å². The fourth-order valence-electron chi connectivity index (χ4n) is 1.21. The Morgan fingerprint density at radius 2 is 1.61 bits per heavy atom. The largest absolute Gasteiger partial charge is 0.378 e. The summed E-state index contributed by atoms with van der Waals surface area (Å²) in [4.78, 5) is 5.94. The SMILES string of the molecule is CN(C)c1ccncc1.Cc1ccc(F)cc1F. The van der Waals surface area contributed by atoms with E-state index in [0.29, 0.717) is 5.56 Å². The van der Waals surface area contributed by atoms with Gasteiger partial charge < -0.3 is 4.90 Å². The van der Waals surface area contributed by atoms with Crippen LogP contribution in [-0.4, -0.2) is 19.1 Å². The van der Waals surface area contributed by atoms with Crippen molar-refractivity contribution in [3.05, 3.63) is 59.9 Å². The molecule has 0 aliphatic heterocycles.